The Bertz CT molecular complexity index is 5190. The highest BCUT2D eigenvalue weighted by molar-refractivity contribution is 6.10. The molecule has 2 N–H and O–H groups in total. The van der Waals surface area contributed by atoms with Crippen LogP contribution in [-0.4, -0.2) is 152 Å². The molecule has 0 aromatic heterocycles. The number of benzene rings is 6. The fraction of sp³-hybridized carbons (Fsp3) is 0.540. The molecule has 0 unspecified atom stereocenters. The number of methoxy groups -OCH3 is 1. The van der Waals surface area contributed by atoms with E-state index in [0.29, 0.717) is 55.8 Å². The first kappa shape index (κ1) is 86.4. The van der Waals surface area contributed by atoms with Crippen molar-refractivity contribution in [2.24, 2.45) is 73.2 Å². The molecular formula is C100H127N9O11. The molecule has 638 valence electrons. The third kappa shape index (κ3) is 17.4. The molecule has 10 aliphatic heterocycles. The SMILES string of the molecule is CC[C@H](C)[C@H](NC(=O)OC)C(=O)O.CC[C@H]1C[C@@H](C2=NC=C(c3ccc4c(c3)COc3cc5c6c(ccc5cc3-4)N=C([C@@H]3CC[C@H](C)N3C(=O)[C@@H](C)C(C)C)C6)C2)N(C(=O)OC(C)(C)C)C1.CC[C@H]1C[C@@H](C2=NC=C(c3ccc4c(c3)COc3cc5c6c(ccc5cc3-4)N=C([C@@H]3CC[C@H](C)N3C(=O)[C@@H](C)C(C)C)C6)C2)N(C(=O)[C@@H](C)[C@@H](C)CC)C1. The Kier molecular flexibility index (Phi) is 25.6. The zero-order valence-electron chi connectivity index (χ0n) is 74.3. The van der Waals surface area contributed by atoms with E-state index in [2.05, 4.69) is 200 Å². The monoisotopic (exact) mass is 1630 g/mol. The van der Waals surface area contributed by atoms with Gasteiger partial charge >= 0.3 is 18.2 Å². The number of fused-ring (bicyclic) bond motifs is 12. The van der Waals surface area contributed by atoms with Crippen LogP contribution in [0.3, 0.4) is 0 Å². The van der Waals surface area contributed by atoms with E-state index in [-0.39, 0.29) is 83.7 Å². The van der Waals surface area contributed by atoms with Crippen LogP contribution in [0.2, 0.25) is 0 Å². The number of carboxylic acid groups (broad SMARTS) is 1. The number of nitrogens with zero attached hydrogens (tertiary/aromatic N) is 8. The lowest BCUT2D eigenvalue weighted by Crippen LogP contribution is -2.47. The molecule has 0 bridgehead atoms. The summed E-state index contributed by atoms with van der Waals surface area (Å²) in [5.41, 5.74) is 20.0. The molecule has 6 aromatic carbocycles. The summed E-state index contributed by atoms with van der Waals surface area (Å²) >= 11 is 0. The molecule has 0 saturated carbocycles. The molecule has 0 aliphatic carbocycles. The fourth-order valence-corrected chi connectivity index (χ4v) is 19.5. The normalized spacial score (nSPS) is 23.3. The molecule has 14 atom stereocenters. The van der Waals surface area contributed by atoms with Gasteiger partial charge in [0.05, 0.1) is 42.7 Å². The number of hydrogen-bond acceptors (Lipinski definition) is 14. The summed E-state index contributed by atoms with van der Waals surface area (Å²) < 4.78 is 23.1. The van der Waals surface area contributed by atoms with Gasteiger partial charge in [0.2, 0.25) is 17.7 Å². The average molecular weight is 1630 g/mol. The summed E-state index contributed by atoms with van der Waals surface area (Å²) in [6.07, 6.45) is 15.8. The molecule has 16 rings (SSSR count). The number of aliphatic imine (C=N–C) groups is 4. The highest BCUT2D eigenvalue weighted by Crippen LogP contribution is 2.49. The van der Waals surface area contributed by atoms with Crippen LogP contribution in [0.5, 0.6) is 11.5 Å². The Morgan fingerprint density at radius 1 is 0.525 bits per heavy atom. The Hall–Kier alpha value is -9.98. The van der Waals surface area contributed by atoms with Gasteiger partial charge in [0.25, 0.3) is 0 Å². The zero-order chi connectivity index (χ0) is 85.8. The summed E-state index contributed by atoms with van der Waals surface area (Å²) in [5, 5.41) is 15.7. The van der Waals surface area contributed by atoms with Crippen LogP contribution >= 0.6 is 0 Å². The molecule has 4 fully saturated rings. The van der Waals surface area contributed by atoms with Crippen LogP contribution in [0, 0.1) is 53.3 Å². The lowest BCUT2D eigenvalue weighted by Gasteiger charge is -2.32. The predicted octanol–water partition coefficient (Wildman–Crippen LogP) is 21.0. The lowest BCUT2D eigenvalue weighted by atomic mass is 9.89. The minimum absolute atomic E-state index is 0.00158. The third-order valence-corrected chi connectivity index (χ3v) is 28.3. The van der Waals surface area contributed by atoms with Gasteiger partial charge in [-0.2, -0.15) is 0 Å². The molecule has 5 amide bonds. The largest absolute Gasteiger partial charge is 0.488 e. The topological polar surface area (TPSA) is 234 Å². The van der Waals surface area contributed by atoms with Crippen LogP contribution in [0.25, 0.3) is 54.9 Å². The van der Waals surface area contributed by atoms with Gasteiger partial charge in [0.1, 0.15) is 36.4 Å². The second-order valence-electron chi connectivity index (χ2n) is 37.7. The Labute approximate surface area is 710 Å². The number of rotatable bonds is 19. The number of carbonyl (C=O) groups is 6. The molecule has 10 heterocycles. The number of hydrogen-bond donors (Lipinski definition) is 2. The van der Waals surface area contributed by atoms with Crippen molar-refractivity contribution in [3.05, 3.63) is 131 Å². The Morgan fingerprint density at radius 2 is 0.975 bits per heavy atom. The Balaban J connectivity index is 0.000000171. The van der Waals surface area contributed by atoms with Crippen LogP contribution in [0.4, 0.5) is 21.0 Å². The quantitative estimate of drug-likeness (QED) is 0.0774. The first-order valence-corrected chi connectivity index (χ1v) is 44.7. The van der Waals surface area contributed by atoms with Crippen LogP contribution in [0.1, 0.15) is 235 Å². The van der Waals surface area contributed by atoms with E-state index in [1.54, 1.807) is 6.92 Å². The van der Waals surface area contributed by atoms with Gasteiger partial charge in [0.15, 0.2) is 0 Å². The number of allylic oxidation sites excluding steroid dienone is 2. The number of aliphatic carboxylic acids is 1. The summed E-state index contributed by atoms with van der Waals surface area (Å²) in [6, 6.07) is 30.9. The number of ether oxygens (including phenoxy) is 4. The number of carboxylic acids is 1. The second-order valence-corrected chi connectivity index (χ2v) is 37.7. The maximum Gasteiger partial charge on any atom is 0.410 e. The van der Waals surface area contributed by atoms with Gasteiger partial charge in [-0.1, -0.05) is 152 Å². The second kappa shape index (κ2) is 35.6. The van der Waals surface area contributed by atoms with E-state index in [1.165, 1.54) is 67.6 Å². The van der Waals surface area contributed by atoms with E-state index in [1.807, 2.05) is 45.0 Å². The summed E-state index contributed by atoms with van der Waals surface area (Å²) in [5.74, 6) is 3.43. The highest BCUT2D eigenvalue weighted by atomic mass is 16.6. The average Bonchev–Trinajstić information content (AvgIpc) is 1.36. The summed E-state index contributed by atoms with van der Waals surface area (Å²) in [6.45, 7) is 39.9. The number of alkyl carbamates (subject to hydrolysis) is 1. The molecule has 0 radical (unpaired) electrons. The van der Waals surface area contributed by atoms with Crippen molar-refractivity contribution in [2.75, 3.05) is 20.2 Å². The molecule has 6 aromatic rings. The highest BCUT2D eigenvalue weighted by Gasteiger charge is 2.46. The standard InChI is InChI=1S/C47H58N4O3.C45H54N4O4.C8H15NO4/c1-9-27(5)30(8)46(52)50-24-31(10-2)17-44(50)41-20-34(23-48-41)32-12-14-36-35(18-32)25-54-45-22-37-33(19-39(36)45)13-15-40-38(37)21-42(49-40)43-16-11-28(6)51(43)47(53)29(7)26(3)4;1-9-28-16-41(48(23-28)44(51)53-45(6,7)8)38-19-31(22-46-38)29-11-13-33-32(17-29)24-52-42-21-34-30(18-36(33)42)12-14-37-35(34)20-39(47-37)40-15-10-26(4)49(40)43(50)27(5)25(2)3;1-4-5(2)6(7(10)11)9-8(12)13-3/h12-15,18-19,22-23,26-31,43-44H,9-11,16-17,20-21,24-25H2,1-8H3;11-14,17-18,21-22,25-28,40-41H,9-10,15-16,19-20,23-24H2,1-8H3;5-6H,4H2,1-3H3,(H,9,12)(H,10,11)/t27-,28-,29-,30-,31-,43-,44-;26-,27-,28-,40-,41-;5-,6-/m000/s1. The lowest BCUT2D eigenvalue weighted by molar-refractivity contribution is -0.141. The van der Waals surface area contributed by atoms with Gasteiger partial charge in [-0.3, -0.25) is 39.3 Å². The first-order valence-electron chi connectivity index (χ1n) is 44.7. The van der Waals surface area contributed by atoms with Gasteiger partial charge in [-0.05, 0) is 234 Å². The van der Waals surface area contributed by atoms with Crippen molar-refractivity contribution in [3.63, 3.8) is 0 Å². The summed E-state index contributed by atoms with van der Waals surface area (Å²) in [7, 11) is 1.20. The number of nitrogens with one attached hydrogen (secondary N) is 1. The fourth-order valence-electron chi connectivity index (χ4n) is 19.5. The van der Waals surface area contributed by atoms with E-state index >= 15 is 0 Å². The summed E-state index contributed by atoms with van der Waals surface area (Å²) in [4.78, 5) is 104. The van der Waals surface area contributed by atoms with E-state index in [9.17, 15) is 28.8 Å². The van der Waals surface area contributed by atoms with Crippen molar-refractivity contribution in [1.82, 2.24) is 24.9 Å². The minimum atomic E-state index is -1.04. The predicted molar refractivity (Wildman–Crippen MR) is 480 cm³/mol. The van der Waals surface area contributed by atoms with Crippen molar-refractivity contribution >= 4 is 103 Å². The van der Waals surface area contributed by atoms with E-state index < -0.39 is 23.7 Å². The first-order chi connectivity index (χ1) is 57.3. The van der Waals surface area contributed by atoms with Crippen molar-refractivity contribution < 1.29 is 52.8 Å². The molecule has 4 saturated heterocycles. The van der Waals surface area contributed by atoms with Gasteiger partial charge in [-0.25, -0.2) is 14.4 Å². The van der Waals surface area contributed by atoms with Crippen LogP contribution in [-0.2, 0) is 54.7 Å². The van der Waals surface area contributed by atoms with Gasteiger partial charge in [0, 0.05) is 115 Å². The zero-order valence-corrected chi connectivity index (χ0v) is 74.3. The molecule has 10 aliphatic rings. The van der Waals surface area contributed by atoms with E-state index in [4.69, 9.17) is 39.3 Å². The number of carbonyl (C=O) groups excluding carboxylic acids is 5. The third-order valence-electron chi connectivity index (χ3n) is 28.3. The number of amides is 5. The van der Waals surface area contributed by atoms with Crippen molar-refractivity contribution in [2.45, 2.75) is 276 Å². The number of likely N-dealkylation sites (tertiary alicyclic amines) is 4. The van der Waals surface area contributed by atoms with Crippen LogP contribution in [0.15, 0.2) is 117 Å². The van der Waals surface area contributed by atoms with Gasteiger partial charge in [-0.15, -0.1) is 0 Å². The minimum Gasteiger partial charge on any atom is -0.488 e. The molecule has 120 heavy (non-hydrogen) atoms. The Morgan fingerprint density at radius 3 is 1.39 bits per heavy atom. The smallest absolute Gasteiger partial charge is 0.410 e. The van der Waals surface area contributed by atoms with E-state index in [0.717, 1.165) is 164 Å². The molecular weight excluding hydrogens is 1500 g/mol. The molecule has 0 spiro atoms. The molecule has 20 nitrogen and oxygen atoms in total. The maximum atomic E-state index is 13.7. The van der Waals surface area contributed by atoms with Crippen molar-refractivity contribution in [3.8, 4) is 33.8 Å². The van der Waals surface area contributed by atoms with Gasteiger partial charge < -0.3 is 44.1 Å². The molecule has 20 heteroatoms. The van der Waals surface area contributed by atoms with Crippen molar-refractivity contribution in [1.29, 1.82) is 0 Å². The maximum absolute atomic E-state index is 13.7. The van der Waals surface area contributed by atoms with Crippen LogP contribution < -0.4 is 14.8 Å².